The molecular weight excluding hydrogens is 174 g/mol. The summed E-state index contributed by atoms with van der Waals surface area (Å²) in [4.78, 5) is 0. The lowest BCUT2D eigenvalue weighted by atomic mass is 10.0. The highest BCUT2D eigenvalue weighted by molar-refractivity contribution is 5.70. The first-order valence-corrected chi connectivity index (χ1v) is 5.01. The van der Waals surface area contributed by atoms with Crippen molar-refractivity contribution in [2.24, 2.45) is 11.7 Å². The molecule has 1 aromatic carbocycles. The number of nitrogens with two attached hydrogens (primary N) is 1. The second kappa shape index (κ2) is 3.84. The van der Waals surface area contributed by atoms with Gasteiger partial charge in [0.1, 0.15) is 5.75 Å². The van der Waals surface area contributed by atoms with Crippen LogP contribution >= 0.6 is 0 Å². The van der Waals surface area contributed by atoms with Crippen molar-refractivity contribution in [1.82, 2.24) is 0 Å². The van der Waals surface area contributed by atoms with Gasteiger partial charge in [-0.15, -0.1) is 0 Å². The molecule has 0 unspecified atom stereocenters. The summed E-state index contributed by atoms with van der Waals surface area (Å²) in [7, 11) is 0. The average molecular weight is 189 g/mol. The molecule has 1 aliphatic carbocycles. The number of hydrogen-bond donors (Lipinski definition) is 2. The number of allylic oxidation sites excluding steroid dienone is 1. The molecule has 2 rings (SSSR count). The molecule has 0 aromatic heterocycles. The molecule has 0 amide bonds. The van der Waals surface area contributed by atoms with Crippen molar-refractivity contribution in [3.05, 3.63) is 35.9 Å². The number of benzene rings is 1. The van der Waals surface area contributed by atoms with Crippen LogP contribution < -0.4 is 5.73 Å². The summed E-state index contributed by atoms with van der Waals surface area (Å²) in [5, 5.41) is 9.37. The van der Waals surface area contributed by atoms with Gasteiger partial charge in [0.05, 0.1) is 0 Å². The molecule has 1 fully saturated rings. The lowest BCUT2D eigenvalue weighted by Gasteiger charge is -2.06. The van der Waals surface area contributed by atoms with Gasteiger partial charge in [0.15, 0.2) is 0 Å². The molecule has 1 aliphatic rings. The summed E-state index contributed by atoms with van der Waals surface area (Å²) in [6, 6.07) is 7.40. The highest BCUT2D eigenvalue weighted by atomic mass is 16.3. The Morgan fingerprint density at radius 1 is 1.50 bits per heavy atom. The molecule has 0 spiro atoms. The average Bonchev–Trinajstić information content (AvgIpc) is 2.97. The summed E-state index contributed by atoms with van der Waals surface area (Å²) in [5.41, 5.74) is 7.94. The maximum absolute atomic E-state index is 9.37. The number of aromatic hydroxyl groups is 1. The normalized spacial score (nSPS) is 17.1. The Labute approximate surface area is 84.1 Å². The fourth-order valence-electron chi connectivity index (χ4n) is 1.73. The largest absolute Gasteiger partial charge is 0.508 e. The van der Waals surface area contributed by atoms with Crippen molar-refractivity contribution >= 4 is 5.57 Å². The summed E-state index contributed by atoms with van der Waals surface area (Å²) < 4.78 is 0. The van der Waals surface area contributed by atoms with Gasteiger partial charge < -0.3 is 10.8 Å². The monoisotopic (exact) mass is 189 g/mol. The van der Waals surface area contributed by atoms with Crippen LogP contribution in [0, 0.1) is 5.92 Å². The van der Waals surface area contributed by atoms with Crippen LogP contribution in [-0.2, 0) is 0 Å². The van der Waals surface area contributed by atoms with Crippen molar-refractivity contribution in [3.63, 3.8) is 0 Å². The van der Waals surface area contributed by atoms with Gasteiger partial charge in [-0.1, -0.05) is 18.2 Å². The number of phenolic OH excluding ortho intramolecular Hbond substituents is 1. The third-order valence-electron chi connectivity index (χ3n) is 2.53. The highest BCUT2D eigenvalue weighted by Crippen LogP contribution is 2.42. The number of phenols is 1. The lowest BCUT2D eigenvalue weighted by molar-refractivity contribution is 0.475. The van der Waals surface area contributed by atoms with E-state index in [0.717, 1.165) is 5.56 Å². The quantitative estimate of drug-likeness (QED) is 0.765. The Kier molecular flexibility index (Phi) is 2.55. The Hall–Kier alpha value is -1.28. The first-order valence-electron chi connectivity index (χ1n) is 5.01. The molecule has 1 aromatic rings. The van der Waals surface area contributed by atoms with Gasteiger partial charge in [-0.05, 0) is 42.0 Å². The predicted molar refractivity (Wildman–Crippen MR) is 57.9 cm³/mol. The summed E-state index contributed by atoms with van der Waals surface area (Å²) in [6.45, 7) is 0.571. The predicted octanol–water partition coefficient (Wildman–Crippen LogP) is 2.14. The van der Waals surface area contributed by atoms with E-state index >= 15 is 0 Å². The van der Waals surface area contributed by atoms with Gasteiger partial charge in [0.2, 0.25) is 0 Å². The minimum atomic E-state index is 0.325. The van der Waals surface area contributed by atoms with Crippen LogP contribution in [-0.4, -0.2) is 11.7 Å². The molecule has 1 saturated carbocycles. The second-order valence-corrected chi connectivity index (χ2v) is 3.72. The van der Waals surface area contributed by atoms with E-state index in [1.165, 1.54) is 18.4 Å². The Bertz CT molecular complexity index is 353. The Balaban J connectivity index is 2.30. The van der Waals surface area contributed by atoms with E-state index in [1.54, 1.807) is 12.1 Å². The fourth-order valence-corrected chi connectivity index (χ4v) is 1.73. The molecule has 3 N–H and O–H groups in total. The molecule has 74 valence electrons. The fraction of sp³-hybridized carbons (Fsp3) is 0.333. The molecule has 14 heavy (non-hydrogen) atoms. The molecule has 0 saturated heterocycles. The maximum Gasteiger partial charge on any atom is 0.116 e. The van der Waals surface area contributed by atoms with Crippen molar-refractivity contribution in [3.8, 4) is 5.75 Å². The van der Waals surface area contributed by atoms with E-state index in [9.17, 15) is 5.11 Å². The van der Waals surface area contributed by atoms with Gasteiger partial charge in [-0.3, -0.25) is 0 Å². The van der Waals surface area contributed by atoms with Crippen molar-refractivity contribution in [2.75, 3.05) is 6.54 Å². The van der Waals surface area contributed by atoms with Crippen molar-refractivity contribution < 1.29 is 5.11 Å². The third-order valence-corrected chi connectivity index (χ3v) is 2.53. The minimum absolute atomic E-state index is 0.325. The molecule has 2 heteroatoms. The van der Waals surface area contributed by atoms with Gasteiger partial charge in [0, 0.05) is 6.54 Å². The Morgan fingerprint density at radius 3 is 2.86 bits per heavy atom. The van der Waals surface area contributed by atoms with Crippen LogP contribution in [0.5, 0.6) is 5.75 Å². The lowest BCUT2D eigenvalue weighted by Crippen LogP contribution is -1.97. The molecule has 0 bridgehead atoms. The van der Waals surface area contributed by atoms with E-state index in [2.05, 4.69) is 6.08 Å². The third kappa shape index (κ3) is 1.96. The Morgan fingerprint density at radius 2 is 2.29 bits per heavy atom. The molecule has 0 atom stereocenters. The molecular formula is C12H15NO. The van der Waals surface area contributed by atoms with Crippen LogP contribution in [0.25, 0.3) is 5.57 Å². The molecule has 2 nitrogen and oxygen atoms in total. The summed E-state index contributed by atoms with van der Waals surface area (Å²) >= 11 is 0. The van der Waals surface area contributed by atoms with Gasteiger partial charge >= 0.3 is 0 Å². The zero-order valence-corrected chi connectivity index (χ0v) is 8.11. The zero-order valence-electron chi connectivity index (χ0n) is 8.11. The first-order chi connectivity index (χ1) is 6.81. The van der Waals surface area contributed by atoms with Crippen LogP contribution in [0.1, 0.15) is 18.4 Å². The van der Waals surface area contributed by atoms with Crippen LogP contribution in [0.3, 0.4) is 0 Å². The van der Waals surface area contributed by atoms with Crippen LogP contribution in [0.15, 0.2) is 30.3 Å². The van der Waals surface area contributed by atoms with Crippen molar-refractivity contribution in [1.29, 1.82) is 0 Å². The van der Waals surface area contributed by atoms with Gasteiger partial charge in [-0.25, -0.2) is 0 Å². The number of hydrogen-bond acceptors (Lipinski definition) is 2. The first kappa shape index (κ1) is 9.28. The van der Waals surface area contributed by atoms with Crippen LogP contribution in [0.2, 0.25) is 0 Å². The van der Waals surface area contributed by atoms with Gasteiger partial charge in [-0.2, -0.15) is 0 Å². The maximum atomic E-state index is 9.37. The SMILES string of the molecule is NC/C=C(\c1cccc(O)c1)C1CC1. The minimum Gasteiger partial charge on any atom is -0.508 e. The number of rotatable bonds is 3. The second-order valence-electron chi connectivity index (χ2n) is 3.72. The molecule has 0 radical (unpaired) electrons. The van der Waals surface area contributed by atoms with Gasteiger partial charge in [0.25, 0.3) is 0 Å². The van der Waals surface area contributed by atoms with Crippen LogP contribution in [0.4, 0.5) is 0 Å². The van der Waals surface area contributed by atoms with E-state index in [0.29, 0.717) is 18.2 Å². The summed E-state index contributed by atoms with van der Waals surface area (Å²) in [5.74, 6) is 0.992. The van der Waals surface area contributed by atoms with E-state index < -0.39 is 0 Å². The zero-order chi connectivity index (χ0) is 9.97. The molecule has 0 aliphatic heterocycles. The van der Waals surface area contributed by atoms with E-state index in [-0.39, 0.29) is 0 Å². The summed E-state index contributed by atoms with van der Waals surface area (Å²) in [6.07, 6.45) is 4.56. The standard InChI is InChI=1S/C12H15NO/c13-7-6-12(9-4-5-9)10-2-1-3-11(14)8-10/h1-3,6,8-9,14H,4-5,7,13H2/b12-6-. The van der Waals surface area contributed by atoms with E-state index in [1.807, 2.05) is 12.1 Å². The van der Waals surface area contributed by atoms with Crippen molar-refractivity contribution in [2.45, 2.75) is 12.8 Å². The topological polar surface area (TPSA) is 46.2 Å². The van der Waals surface area contributed by atoms with E-state index in [4.69, 9.17) is 5.73 Å². The molecule has 0 heterocycles. The smallest absolute Gasteiger partial charge is 0.116 e. The highest BCUT2D eigenvalue weighted by Gasteiger charge is 2.26.